The maximum Gasteiger partial charge on any atom is 0.417 e. The first kappa shape index (κ1) is 12.2. The number of benzene rings is 1. The Hall–Kier alpha value is -2.22. The van der Waals surface area contributed by atoms with Crippen molar-refractivity contribution in [3.8, 4) is 6.07 Å². The first-order chi connectivity index (χ1) is 8.52. The van der Waals surface area contributed by atoms with E-state index in [4.69, 9.17) is 5.26 Å². The van der Waals surface area contributed by atoms with Crippen molar-refractivity contribution in [2.45, 2.75) is 12.2 Å². The molecule has 1 aliphatic rings. The second kappa shape index (κ2) is 4.57. The summed E-state index contributed by atoms with van der Waals surface area (Å²) in [5.74, 6) is 0. The molecule has 0 amide bonds. The van der Waals surface area contributed by atoms with Crippen molar-refractivity contribution in [3.63, 3.8) is 0 Å². The highest BCUT2D eigenvalue weighted by atomic mass is 19.4. The van der Waals surface area contributed by atoms with Gasteiger partial charge < -0.3 is 5.32 Å². The third kappa shape index (κ3) is 2.38. The predicted molar refractivity (Wildman–Crippen MR) is 61.1 cm³/mol. The molecule has 1 atom stereocenters. The molecule has 0 bridgehead atoms. The minimum atomic E-state index is -4.40. The van der Waals surface area contributed by atoms with E-state index >= 15 is 0 Å². The fourth-order valence-electron chi connectivity index (χ4n) is 1.76. The summed E-state index contributed by atoms with van der Waals surface area (Å²) in [7, 11) is 0. The minimum Gasteiger partial charge on any atom is -0.373 e. The normalized spacial score (nSPS) is 18.8. The van der Waals surface area contributed by atoms with Gasteiger partial charge in [-0.15, -0.1) is 0 Å². The average molecular weight is 250 g/mol. The summed E-state index contributed by atoms with van der Waals surface area (Å²) in [4.78, 5) is 0. The third-order valence-electron chi connectivity index (χ3n) is 2.57. The van der Waals surface area contributed by atoms with Crippen LogP contribution in [0.1, 0.15) is 11.1 Å². The molecule has 92 valence electrons. The van der Waals surface area contributed by atoms with E-state index < -0.39 is 17.8 Å². The van der Waals surface area contributed by atoms with Gasteiger partial charge in [-0.25, -0.2) is 0 Å². The summed E-state index contributed by atoms with van der Waals surface area (Å²) in [6, 6.07) is 6.66. The van der Waals surface area contributed by atoms with Crippen LogP contribution in [0.15, 0.2) is 42.6 Å². The van der Waals surface area contributed by atoms with E-state index in [1.165, 1.54) is 30.5 Å². The largest absolute Gasteiger partial charge is 0.417 e. The van der Waals surface area contributed by atoms with Crippen molar-refractivity contribution >= 4 is 5.57 Å². The van der Waals surface area contributed by atoms with Gasteiger partial charge in [-0.05, 0) is 35.6 Å². The number of nitrogens with one attached hydrogen (secondary N) is 1. The number of allylic oxidation sites excluding steroid dienone is 2. The molecule has 1 aromatic carbocycles. The van der Waals surface area contributed by atoms with Crippen molar-refractivity contribution < 1.29 is 13.2 Å². The highest BCUT2D eigenvalue weighted by Crippen LogP contribution is 2.35. The van der Waals surface area contributed by atoms with Crippen molar-refractivity contribution in [1.82, 2.24) is 5.32 Å². The highest BCUT2D eigenvalue weighted by molar-refractivity contribution is 5.78. The Balaban J connectivity index is 2.50. The molecule has 5 heteroatoms. The lowest BCUT2D eigenvalue weighted by molar-refractivity contribution is -0.137. The number of alkyl halides is 3. The van der Waals surface area contributed by atoms with Gasteiger partial charge in [0.25, 0.3) is 0 Å². The van der Waals surface area contributed by atoms with E-state index in [0.717, 1.165) is 6.07 Å². The van der Waals surface area contributed by atoms with Crippen LogP contribution >= 0.6 is 0 Å². The number of nitrogens with zero attached hydrogens (tertiary/aromatic N) is 1. The summed E-state index contributed by atoms with van der Waals surface area (Å²) in [6.07, 6.45) is 0.0810. The minimum absolute atomic E-state index is 0.0861. The van der Waals surface area contributed by atoms with Crippen molar-refractivity contribution in [3.05, 3.63) is 53.7 Å². The second-order valence-corrected chi connectivity index (χ2v) is 3.77. The van der Waals surface area contributed by atoms with E-state index in [2.05, 4.69) is 5.32 Å². The van der Waals surface area contributed by atoms with Gasteiger partial charge in [0.1, 0.15) is 6.04 Å². The maximum atomic E-state index is 12.9. The van der Waals surface area contributed by atoms with E-state index in [1.807, 2.05) is 6.07 Å². The van der Waals surface area contributed by atoms with Crippen LogP contribution in [-0.4, -0.2) is 6.04 Å². The molecule has 18 heavy (non-hydrogen) atoms. The zero-order valence-electron chi connectivity index (χ0n) is 9.20. The van der Waals surface area contributed by atoms with Gasteiger partial charge in [-0.3, -0.25) is 0 Å². The lowest BCUT2D eigenvalue weighted by Crippen LogP contribution is -2.22. The molecule has 0 saturated carbocycles. The van der Waals surface area contributed by atoms with Crippen LogP contribution in [0.25, 0.3) is 5.57 Å². The molecule has 1 aliphatic heterocycles. The maximum absolute atomic E-state index is 12.9. The summed E-state index contributed by atoms with van der Waals surface area (Å²) in [5.41, 5.74) is -0.212. The molecule has 1 aromatic rings. The van der Waals surface area contributed by atoms with E-state index in [9.17, 15) is 13.2 Å². The molecule has 0 saturated heterocycles. The van der Waals surface area contributed by atoms with Crippen LogP contribution in [0.4, 0.5) is 13.2 Å². The Morgan fingerprint density at radius 2 is 1.94 bits per heavy atom. The molecule has 2 nitrogen and oxygen atoms in total. The molecule has 0 fully saturated rings. The molecule has 1 heterocycles. The monoisotopic (exact) mass is 250 g/mol. The Labute approximate surface area is 102 Å². The number of halogens is 3. The number of nitriles is 1. The summed E-state index contributed by atoms with van der Waals surface area (Å²) >= 11 is 0. The van der Waals surface area contributed by atoms with Crippen LogP contribution in [-0.2, 0) is 6.18 Å². The molecular weight excluding hydrogens is 241 g/mol. The first-order valence-corrected chi connectivity index (χ1v) is 5.23. The van der Waals surface area contributed by atoms with Gasteiger partial charge in [-0.1, -0.05) is 18.2 Å². The van der Waals surface area contributed by atoms with Crippen LogP contribution < -0.4 is 5.32 Å². The van der Waals surface area contributed by atoms with Gasteiger partial charge >= 0.3 is 6.18 Å². The van der Waals surface area contributed by atoms with E-state index in [1.54, 1.807) is 6.07 Å². The fraction of sp³-hybridized carbons (Fsp3) is 0.154. The van der Waals surface area contributed by atoms with Crippen molar-refractivity contribution in [2.24, 2.45) is 0 Å². The molecule has 0 aliphatic carbocycles. The molecule has 2 rings (SSSR count). The van der Waals surface area contributed by atoms with Gasteiger partial charge in [0.2, 0.25) is 0 Å². The predicted octanol–water partition coefficient (Wildman–Crippen LogP) is 3.10. The quantitative estimate of drug-likeness (QED) is 0.831. The Kier molecular flexibility index (Phi) is 3.11. The first-order valence-electron chi connectivity index (χ1n) is 5.23. The van der Waals surface area contributed by atoms with Crippen molar-refractivity contribution in [2.75, 3.05) is 0 Å². The number of dihydropyridines is 1. The second-order valence-electron chi connectivity index (χ2n) is 3.77. The Bertz CT molecular complexity index is 550. The Morgan fingerprint density at radius 1 is 1.22 bits per heavy atom. The molecule has 0 radical (unpaired) electrons. The SMILES string of the molecule is N#CC1C=C(c2ccccc2C(F)(F)F)C=CN1. The molecular formula is C13H9F3N2. The molecule has 1 N–H and O–H groups in total. The topological polar surface area (TPSA) is 35.8 Å². The summed E-state index contributed by atoms with van der Waals surface area (Å²) < 4.78 is 38.6. The van der Waals surface area contributed by atoms with Crippen LogP contribution in [0, 0.1) is 11.3 Å². The van der Waals surface area contributed by atoms with Crippen molar-refractivity contribution in [1.29, 1.82) is 5.26 Å². The lowest BCUT2D eigenvalue weighted by Gasteiger charge is -2.17. The van der Waals surface area contributed by atoms with Gasteiger partial charge in [0.15, 0.2) is 0 Å². The highest BCUT2D eigenvalue weighted by Gasteiger charge is 2.33. The number of rotatable bonds is 1. The molecule has 0 spiro atoms. The zero-order valence-corrected chi connectivity index (χ0v) is 9.20. The van der Waals surface area contributed by atoms with Crippen LogP contribution in [0.3, 0.4) is 0 Å². The third-order valence-corrected chi connectivity index (χ3v) is 2.57. The lowest BCUT2D eigenvalue weighted by atomic mass is 9.96. The summed E-state index contributed by atoms with van der Waals surface area (Å²) in [5, 5.41) is 11.5. The van der Waals surface area contributed by atoms with Gasteiger partial charge in [0, 0.05) is 0 Å². The van der Waals surface area contributed by atoms with Gasteiger partial charge in [-0.2, -0.15) is 18.4 Å². The number of hydrogen-bond donors (Lipinski definition) is 1. The van der Waals surface area contributed by atoms with Gasteiger partial charge in [0.05, 0.1) is 11.6 Å². The molecule has 0 aromatic heterocycles. The zero-order chi connectivity index (χ0) is 13.2. The summed E-state index contributed by atoms with van der Waals surface area (Å²) in [6.45, 7) is 0. The molecule has 1 unspecified atom stereocenters. The van der Waals surface area contributed by atoms with Crippen LogP contribution in [0.5, 0.6) is 0 Å². The number of hydrogen-bond acceptors (Lipinski definition) is 2. The van der Waals surface area contributed by atoms with Crippen LogP contribution in [0.2, 0.25) is 0 Å². The van der Waals surface area contributed by atoms with E-state index in [-0.39, 0.29) is 5.56 Å². The smallest absolute Gasteiger partial charge is 0.373 e. The van der Waals surface area contributed by atoms with E-state index in [0.29, 0.717) is 5.57 Å². The average Bonchev–Trinajstić information content (AvgIpc) is 2.38. The Morgan fingerprint density at radius 3 is 2.61 bits per heavy atom. The fourth-order valence-corrected chi connectivity index (χ4v) is 1.76. The standard InChI is InChI=1S/C13H9F3N2/c14-13(15,16)12-4-2-1-3-11(12)9-5-6-18-10(7-9)8-17/h1-7,10,18H.